The van der Waals surface area contributed by atoms with E-state index in [1.807, 2.05) is 6.07 Å². The lowest BCUT2D eigenvalue weighted by atomic mass is 9.97. The van der Waals surface area contributed by atoms with Crippen LogP contribution in [0.15, 0.2) is 28.8 Å². The van der Waals surface area contributed by atoms with Gasteiger partial charge in [-0.3, -0.25) is 0 Å². The number of piperidine rings is 1. The highest BCUT2D eigenvalue weighted by Crippen LogP contribution is 2.27. The van der Waals surface area contributed by atoms with Crippen LogP contribution in [0, 0.1) is 0 Å². The van der Waals surface area contributed by atoms with Crippen molar-refractivity contribution in [3.05, 3.63) is 35.7 Å². The number of fused-ring (bicyclic) bond motifs is 1. The summed E-state index contributed by atoms with van der Waals surface area (Å²) >= 11 is 0. The fraction of sp³-hybridized carbons (Fsp3) is 0.600. The fourth-order valence-corrected chi connectivity index (χ4v) is 4.18. The highest BCUT2D eigenvalue weighted by atomic mass is 16.5. The van der Waals surface area contributed by atoms with Gasteiger partial charge in [-0.2, -0.15) is 4.98 Å². The first-order valence-electron chi connectivity index (χ1n) is 9.71. The molecule has 2 saturated heterocycles. The van der Waals surface area contributed by atoms with E-state index in [2.05, 4.69) is 45.5 Å². The van der Waals surface area contributed by atoms with Crippen molar-refractivity contribution in [1.29, 1.82) is 0 Å². The molecule has 0 radical (unpaired) electrons. The molecule has 1 aromatic carbocycles. The molecule has 2 atom stereocenters. The van der Waals surface area contributed by atoms with Crippen molar-refractivity contribution >= 4 is 0 Å². The Balaban J connectivity index is 1.36. The summed E-state index contributed by atoms with van der Waals surface area (Å²) in [4.78, 5) is 7.16. The predicted molar refractivity (Wildman–Crippen MR) is 98.2 cm³/mol. The number of benzene rings is 1. The maximum absolute atomic E-state index is 5.41. The highest BCUT2D eigenvalue weighted by molar-refractivity contribution is 5.54. The van der Waals surface area contributed by atoms with Gasteiger partial charge >= 0.3 is 0 Å². The van der Waals surface area contributed by atoms with Crippen LogP contribution in [0.3, 0.4) is 0 Å². The number of hydrogen-bond donors (Lipinski definition) is 1. The zero-order valence-electron chi connectivity index (χ0n) is 15.1. The zero-order chi connectivity index (χ0) is 17.1. The predicted octanol–water partition coefficient (Wildman–Crippen LogP) is 3.41. The van der Waals surface area contributed by atoms with E-state index >= 15 is 0 Å². The Labute approximate surface area is 149 Å². The molecule has 25 heavy (non-hydrogen) atoms. The molecule has 2 aliphatic rings. The quantitative estimate of drug-likeness (QED) is 0.873. The molecule has 2 fully saturated rings. The van der Waals surface area contributed by atoms with Gasteiger partial charge in [0.25, 0.3) is 5.89 Å². The van der Waals surface area contributed by atoms with E-state index in [4.69, 9.17) is 4.52 Å². The smallest absolute Gasteiger partial charge is 0.257 e. The largest absolute Gasteiger partial charge is 0.334 e. The lowest BCUT2D eigenvalue weighted by Crippen LogP contribution is -2.45. The van der Waals surface area contributed by atoms with Crippen molar-refractivity contribution < 1.29 is 4.52 Å². The first-order chi connectivity index (χ1) is 12.3. The molecule has 134 valence electrons. The number of rotatable bonds is 6. The van der Waals surface area contributed by atoms with E-state index in [-0.39, 0.29) is 0 Å². The van der Waals surface area contributed by atoms with E-state index in [1.54, 1.807) is 0 Å². The van der Waals surface area contributed by atoms with Crippen molar-refractivity contribution in [3.63, 3.8) is 0 Å². The number of aryl methyl sites for hydroxylation is 1. The Kier molecular flexibility index (Phi) is 5.13. The summed E-state index contributed by atoms with van der Waals surface area (Å²) in [5.74, 6) is 1.42. The Bertz CT molecular complexity index is 699. The molecule has 2 aliphatic heterocycles. The standard InChI is InChI=1S/C20H28N4O/c1-2-5-19-22-20(25-23-19)16-7-3-6-15(12-16)14-21-17-9-11-24-10-4-8-18(24)13-17/h3,6-7,12,17-18,21H,2,4-5,8-11,13-14H2,1H3/t17-,18-/m1/s1. The molecule has 0 saturated carbocycles. The van der Waals surface area contributed by atoms with E-state index in [0.717, 1.165) is 36.8 Å². The van der Waals surface area contributed by atoms with E-state index in [0.29, 0.717) is 11.9 Å². The third kappa shape index (κ3) is 3.93. The Hall–Kier alpha value is -1.72. The minimum atomic E-state index is 0.629. The Morgan fingerprint density at radius 1 is 1.28 bits per heavy atom. The average Bonchev–Trinajstić information content (AvgIpc) is 3.29. The molecule has 0 spiro atoms. The molecule has 1 N–H and O–H groups in total. The van der Waals surface area contributed by atoms with Gasteiger partial charge in [-0.05, 0) is 62.9 Å². The third-order valence-electron chi connectivity index (χ3n) is 5.53. The number of nitrogens with zero attached hydrogens (tertiary/aromatic N) is 3. The van der Waals surface area contributed by atoms with Crippen molar-refractivity contribution in [2.24, 2.45) is 0 Å². The van der Waals surface area contributed by atoms with Gasteiger partial charge in [0.15, 0.2) is 5.82 Å². The van der Waals surface area contributed by atoms with Crippen LogP contribution in [0.2, 0.25) is 0 Å². The normalized spacial score (nSPS) is 23.7. The molecule has 4 rings (SSSR count). The summed E-state index contributed by atoms with van der Waals surface area (Å²) in [5, 5.41) is 7.82. The average molecular weight is 340 g/mol. The minimum absolute atomic E-state index is 0.629. The van der Waals surface area contributed by atoms with Crippen LogP contribution in [0.4, 0.5) is 0 Å². The molecule has 0 aliphatic carbocycles. The van der Waals surface area contributed by atoms with E-state index in [9.17, 15) is 0 Å². The lowest BCUT2D eigenvalue weighted by Gasteiger charge is -2.35. The summed E-state index contributed by atoms with van der Waals surface area (Å²) < 4.78 is 5.41. The second kappa shape index (κ2) is 7.67. The maximum atomic E-state index is 5.41. The van der Waals surface area contributed by atoms with Crippen molar-refractivity contribution in [2.75, 3.05) is 13.1 Å². The summed E-state index contributed by atoms with van der Waals surface area (Å²) in [7, 11) is 0. The van der Waals surface area contributed by atoms with Gasteiger partial charge in [0, 0.05) is 30.6 Å². The Morgan fingerprint density at radius 3 is 3.16 bits per heavy atom. The number of nitrogens with one attached hydrogen (secondary N) is 1. The molecule has 0 unspecified atom stereocenters. The molecule has 0 bridgehead atoms. The molecule has 5 nitrogen and oxygen atoms in total. The summed E-state index contributed by atoms with van der Waals surface area (Å²) in [6, 6.07) is 9.92. The fourth-order valence-electron chi connectivity index (χ4n) is 4.18. The molecule has 2 aromatic rings. The van der Waals surface area contributed by atoms with Crippen LogP contribution in [0.5, 0.6) is 0 Å². The van der Waals surface area contributed by atoms with Gasteiger partial charge < -0.3 is 14.7 Å². The number of hydrogen-bond acceptors (Lipinski definition) is 5. The van der Waals surface area contributed by atoms with Crippen molar-refractivity contribution in [1.82, 2.24) is 20.4 Å². The summed E-state index contributed by atoms with van der Waals surface area (Å²) in [6.45, 7) is 5.59. The van der Waals surface area contributed by atoms with Crippen LogP contribution in [0.25, 0.3) is 11.5 Å². The molecule has 5 heteroatoms. The second-order valence-electron chi connectivity index (χ2n) is 7.40. The van der Waals surface area contributed by atoms with Gasteiger partial charge in [0.1, 0.15) is 0 Å². The van der Waals surface area contributed by atoms with Gasteiger partial charge in [-0.1, -0.05) is 24.2 Å². The molecule has 1 aromatic heterocycles. The second-order valence-corrected chi connectivity index (χ2v) is 7.40. The van der Waals surface area contributed by atoms with Crippen LogP contribution in [0.1, 0.15) is 50.4 Å². The molecule has 3 heterocycles. The van der Waals surface area contributed by atoms with Crippen molar-refractivity contribution in [3.8, 4) is 11.5 Å². The minimum Gasteiger partial charge on any atom is -0.334 e. The van der Waals surface area contributed by atoms with Gasteiger partial charge in [-0.25, -0.2) is 0 Å². The zero-order valence-corrected chi connectivity index (χ0v) is 15.1. The third-order valence-corrected chi connectivity index (χ3v) is 5.53. The summed E-state index contributed by atoms with van der Waals surface area (Å²) in [6.07, 6.45) is 7.21. The monoisotopic (exact) mass is 340 g/mol. The Morgan fingerprint density at radius 2 is 2.24 bits per heavy atom. The van der Waals surface area contributed by atoms with Crippen LogP contribution >= 0.6 is 0 Å². The topological polar surface area (TPSA) is 54.2 Å². The van der Waals surface area contributed by atoms with E-state index < -0.39 is 0 Å². The van der Waals surface area contributed by atoms with Crippen LogP contribution in [-0.4, -0.2) is 40.2 Å². The van der Waals surface area contributed by atoms with Gasteiger partial charge in [0.2, 0.25) is 0 Å². The molecule has 0 amide bonds. The van der Waals surface area contributed by atoms with E-state index in [1.165, 1.54) is 44.3 Å². The first kappa shape index (κ1) is 16.7. The lowest BCUT2D eigenvalue weighted by molar-refractivity contribution is 0.166. The van der Waals surface area contributed by atoms with Gasteiger partial charge in [0.05, 0.1) is 0 Å². The molecular formula is C20H28N4O. The highest BCUT2D eigenvalue weighted by Gasteiger charge is 2.31. The first-order valence-corrected chi connectivity index (χ1v) is 9.71. The maximum Gasteiger partial charge on any atom is 0.257 e. The van der Waals surface area contributed by atoms with Crippen LogP contribution in [-0.2, 0) is 13.0 Å². The summed E-state index contributed by atoms with van der Waals surface area (Å²) in [5.41, 5.74) is 2.29. The molecular weight excluding hydrogens is 312 g/mol. The van der Waals surface area contributed by atoms with Crippen LogP contribution < -0.4 is 5.32 Å². The van der Waals surface area contributed by atoms with Gasteiger partial charge in [-0.15, -0.1) is 0 Å². The van der Waals surface area contributed by atoms with Crippen molar-refractivity contribution in [2.45, 2.75) is 64.1 Å². The SMILES string of the molecule is CCCc1noc(-c2cccc(CN[C@@H]3CCN4CCC[C@@H]4C3)c2)n1. The number of aromatic nitrogens is 2.